The first kappa shape index (κ1) is 13.1. The fraction of sp³-hybridized carbons (Fsp3) is 0.833. The van der Waals surface area contributed by atoms with E-state index in [-0.39, 0.29) is 0 Å². The van der Waals surface area contributed by atoms with Gasteiger partial charge in [-0.2, -0.15) is 22.0 Å². The fourth-order valence-electron chi connectivity index (χ4n) is 0.535. The van der Waals surface area contributed by atoms with Crippen LogP contribution in [0, 0.1) is 0 Å². The molecule has 0 saturated heterocycles. The maximum Gasteiger partial charge on any atom is 0.455 e. The van der Waals surface area contributed by atoms with Gasteiger partial charge in [-0.15, -0.1) is 0 Å². The first-order chi connectivity index (χ1) is 6.15. The monoisotopic (exact) mass is 222 g/mol. The number of carboxylic acid groups (broad SMARTS) is 1. The number of carboxylic acids is 1. The van der Waals surface area contributed by atoms with E-state index in [9.17, 15) is 26.7 Å². The SMILES string of the molecule is O=C(O)C(F)(F)OCCCC(F)(F)F. The quantitative estimate of drug-likeness (QED) is 0.571. The topological polar surface area (TPSA) is 46.5 Å². The van der Waals surface area contributed by atoms with Crippen molar-refractivity contribution in [1.29, 1.82) is 0 Å². The molecule has 0 bridgehead atoms. The first-order valence-corrected chi connectivity index (χ1v) is 3.47. The molecule has 1 N–H and O–H groups in total. The molecule has 0 aromatic heterocycles. The van der Waals surface area contributed by atoms with Crippen LogP contribution in [0.3, 0.4) is 0 Å². The summed E-state index contributed by atoms with van der Waals surface area (Å²) in [7, 11) is 0. The maximum absolute atomic E-state index is 12.1. The Bertz CT molecular complexity index is 200. The lowest BCUT2D eigenvalue weighted by Gasteiger charge is -2.12. The van der Waals surface area contributed by atoms with Crippen molar-refractivity contribution in [2.24, 2.45) is 0 Å². The molecule has 0 fully saturated rings. The Kier molecular flexibility index (Phi) is 4.24. The van der Waals surface area contributed by atoms with Crippen LogP contribution in [0.25, 0.3) is 0 Å². The van der Waals surface area contributed by atoms with Gasteiger partial charge in [-0.25, -0.2) is 4.79 Å². The minimum atomic E-state index is -4.46. The molecule has 0 aliphatic rings. The van der Waals surface area contributed by atoms with Gasteiger partial charge in [0.2, 0.25) is 0 Å². The second-order valence-electron chi connectivity index (χ2n) is 2.39. The van der Waals surface area contributed by atoms with Crippen LogP contribution in [0.5, 0.6) is 0 Å². The molecule has 0 aromatic rings. The largest absolute Gasteiger partial charge is 0.475 e. The van der Waals surface area contributed by atoms with E-state index in [0.29, 0.717) is 0 Å². The lowest BCUT2D eigenvalue weighted by molar-refractivity contribution is -0.247. The Labute approximate surface area is 75.5 Å². The molecule has 0 spiro atoms. The summed E-state index contributed by atoms with van der Waals surface area (Å²) in [6.45, 7) is -0.960. The van der Waals surface area contributed by atoms with Gasteiger partial charge in [-0.1, -0.05) is 0 Å². The van der Waals surface area contributed by atoms with Crippen LogP contribution in [0.15, 0.2) is 0 Å². The van der Waals surface area contributed by atoms with Gasteiger partial charge in [0, 0.05) is 6.42 Å². The summed E-state index contributed by atoms with van der Waals surface area (Å²) in [5.41, 5.74) is 0. The molecule has 0 atom stereocenters. The molecule has 8 heteroatoms. The average molecular weight is 222 g/mol. The smallest absolute Gasteiger partial charge is 0.455 e. The van der Waals surface area contributed by atoms with Crippen molar-refractivity contribution in [3.8, 4) is 0 Å². The van der Waals surface area contributed by atoms with Gasteiger partial charge in [0.05, 0.1) is 6.61 Å². The third kappa shape index (κ3) is 5.68. The predicted octanol–water partition coefficient (Wildman–Crippen LogP) is 2.02. The van der Waals surface area contributed by atoms with Gasteiger partial charge in [-0.3, -0.25) is 0 Å². The minimum absolute atomic E-state index is 0.702. The molecule has 0 aromatic carbocycles. The summed E-state index contributed by atoms with van der Waals surface area (Å²) in [5, 5.41) is 7.80. The van der Waals surface area contributed by atoms with Gasteiger partial charge in [0.1, 0.15) is 0 Å². The molecular formula is C6H7F5O3. The third-order valence-electron chi connectivity index (χ3n) is 1.14. The Hall–Kier alpha value is -0.920. The van der Waals surface area contributed by atoms with E-state index in [1.807, 2.05) is 0 Å². The molecule has 14 heavy (non-hydrogen) atoms. The number of halogens is 5. The van der Waals surface area contributed by atoms with Crippen LogP contribution >= 0.6 is 0 Å². The molecule has 0 aliphatic carbocycles. The van der Waals surface area contributed by atoms with E-state index in [1.54, 1.807) is 0 Å². The molecule has 0 aliphatic heterocycles. The second kappa shape index (κ2) is 4.54. The summed E-state index contributed by atoms with van der Waals surface area (Å²) in [6.07, 6.45) is -10.9. The van der Waals surface area contributed by atoms with Gasteiger partial charge < -0.3 is 9.84 Å². The van der Waals surface area contributed by atoms with Crippen molar-refractivity contribution in [2.45, 2.75) is 25.1 Å². The fourth-order valence-corrected chi connectivity index (χ4v) is 0.535. The van der Waals surface area contributed by atoms with E-state index in [1.165, 1.54) is 0 Å². The molecule has 0 rings (SSSR count). The lowest BCUT2D eigenvalue weighted by Crippen LogP contribution is -2.32. The van der Waals surface area contributed by atoms with Crippen molar-refractivity contribution >= 4 is 5.97 Å². The zero-order valence-electron chi connectivity index (χ0n) is 6.77. The van der Waals surface area contributed by atoms with Crippen molar-refractivity contribution in [3.63, 3.8) is 0 Å². The van der Waals surface area contributed by atoms with E-state index >= 15 is 0 Å². The van der Waals surface area contributed by atoms with Crippen molar-refractivity contribution in [1.82, 2.24) is 0 Å². The average Bonchev–Trinajstić information content (AvgIpc) is 1.96. The standard InChI is InChI=1S/C6H7F5O3/c7-5(8,9)2-1-3-14-6(10,11)4(12)13/h1-3H2,(H,12,13). The van der Waals surface area contributed by atoms with Crippen LogP contribution < -0.4 is 0 Å². The number of aliphatic carboxylic acids is 1. The van der Waals surface area contributed by atoms with Crippen LogP contribution in [0.1, 0.15) is 12.8 Å². The second-order valence-corrected chi connectivity index (χ2v) is 2.39. The van der Waals surface area contributed by atoms with Gasteiger partial charge in [0.25, 0.3) is 0 Å². The Balaban J connectivity index is 3.70. The first-order valence-electron chi connectivity index (χ1n) is 3.47. The van der Waals surface area contributed by atoms with E-state index in [2.05, 4.69) is 4.74 Å². The van der Waals surface area contributed by atoms with Gasteiger partial charge >= 0.3 is 18.3 Å². The Morgan fingerprint density at radius 1 is 1.21 bits per heavy atom. The van der Waals surface area contributed by atoms with E-state index in [0.717, 1.165) is 0 Å². The van der Waals surface area contributed by atoms with Crippen molar-refractivity contribution < 1.29 is 36.6 Å². The molecule has 0 unspecified atom stereocenters. The van der Waals surface area contributed by atoms with Crippen molar-refractivity contribution in [2.75, 3.05) is 6.61 Å². The zero-order chi connectivity index (χ0) is 11.4. The highest BCUT2D eigenvalue weighted by atomic mass is 19.4. The van der Waals surface area contributed by atoms with E-state index < -0.39 is 37.7 Å². The molecule has 3 nitrogen and oxygen atoms in total. The highest BCUT2D eigenvalue weighted by molar-refractivity contribution is 5.73. The lowest BCUT2D eigenvalue weighted by atomic mass is 10.3. The van der Waals surface area contributed by atoms with Crippen LogP contribution in [0.2, 0.25) is 0 Å². The molecule has 0 saturated carbocycles. The van der Waals surface area contributed by atoms with Crippen LogP contribution in [-0.2, 0) is 9.53 Å². The Morgan fingerprint density at radius 2 is 1.71 bits per heavy atom. The number of ether oxygens (including phenoxy) is 1. The predicted molar refractivity (Wildman–Crippen MR) is 33.8 cm³/mol. The number of carbonyl (C=O) groups is 1. The maximum atomic E-state index is 12.1. The number of rotatable bonds is 5. The van der Waals surface area contributed by atoms with E-state index in [4.69, 9.17) is 5.11 Å². The Morgan fingerprint density at radius 3 is 2.07 bits per heavy atom. The summed E-state index contributed by atoms with van der Waals surface area (Å²) < 4.78 is 62.0. The number of alkyl halides is 5. The highest BCUT2D eigenvalue weighted by Crippen LogP contribution is 2.22. The summed E-state index contributed by atoms with van der Waals surface area (Å²) in [4.78, 5) is 9.71. The minimum Gasteiger partial charge on any atom is -0.475 e. The number of hydrogen-bond donors (Lipinski definition) is 1. The summed E-state index contributed by atoms with van der Waals surface area (Å²) in [5.74, 6) is -2.52. The molecule has 0 heterocycles. The molecule has 0 amide bonds. The molecule has 84 valence electrons. The molecule has 0 radical (unpaired) electrons. The normalized spacial score (nSPS) is 12.9. The van der Waals surface area contributed by atoms with Crippen LogP contribution in [-0.4, -0.2) is 30.0 Å². The highest BCUT2D eigenvalue weighted by Gasteiger charge is 2.40. The molecular weight excluding hydrogens is 215 g/mol. The van der Waals surface area contributed by atoms with Gasteiger partial charge in [-0.05, 0) is 6.42 Å². The summed E-state index contributed by atoms with van der Waals surface area (Å²) >= 11 is 0. The summed E-state index contributed by atoms with van der Waals surface area (Å²) in [6, 6.07) is 0. The van der Waals surface area contributed by atoms with Crippen LogP contribution in [0.4, 0.5) is 22.0 Å². The number of hydrogen-bond acceptors (Lipinski definition) is 2. The van der Waals surface area contributed by atoms with Crippen molar-refractivity contribution in [3.05, 3.63) is 0 Å². The van der Waals surface area contributed by atoms with Gasteiger partial charge in [0.15, 0.2) is 0 Å². The zero-order valence-corrected chi connectivity index (χ0v) is 6.77. The third-order valence-corrected chi connectivity index (χ3v) is 1.14.